The quantitative estimate of drug-likeness (QED) is 0.250. The van der Waals surface area contributed by atoms with Crippen molar-refractivity contribution in [3.05, 3.63) is 0 Å². The van der Waals surface area contributed by atoms with Crippen molar-refractivity contribution in [2.45, 2.75) is 267 Å². The molecule has 0 bridgehead atoms. The average Bonchev–Trinajstić information content (AvgIpc) is 2.99. The lowest BCUT2D eigenvalue weighted by atomic mass is 9.88. The van der Waals surface area contributed by atoms with Crippen LogP contribution in [0.15, 0.2) is 0 Å². The van der Waals surface area contributed by atoms with Crippen molar-refractivity contribution in [1.29, 1.82) is 0 Å². The lowest BCUT2D eigenvalue weighted by Crippen LogP contribution is -2.04. The first kappa shape index (κ1) is 90.2. The average molecular weight is 631 g/mol. The summed E-state index contributed by atoms with van der Waals surface area (Å²) in [5.41, 5.74) is 0. The van der Waals surface area contributed by atoms with Crippen molar-refractivity contribution >= 4 is 0 Å². The molecular weight excluding hydrogens is 516 g/mol. The molecule has 0 heterocycles. The summed E-state index contributed by atoms with van der Waals surface area (Å²) in [6, 6.07) is 0. The van der Waals surface area contributed by atoms with Crippen LogP contribution in [0.5, 0.6) is 0 Å². The van der Waals surface area contributed by atoms with Gasteiger partial charge in [0.15, 0.2) is 0 Å². The summed E-state index contributed by atoms with van der Waals surface area (Å²) in [5.74, 6) is 4.26. The van der Waals surface area contributed by atoms with Crippen LogP contribution >= 0.6 is 0 Å². The zero-order valence-electron chi connectivity index (χ0n) is 32.8. The first-order valence-corrected chi connectivity index (χ1v) is 18.6. The Morgan fingerprint density at radius 3 is 0.256 bits per heavy atom. The number of hydrogen-bond donors (Lipinski definition) is 0. The summed E-state index contributed by atoms with van der Waals surface area (Å²) < 4.78 is 0. The molecular formula is C43H114. The van der Waals surface area contributed by atoms with Crippen molar-refractivity contribution in [1.82, 2.24) is 0 Å². The fourth-order valence-corrected chi connectivity index (χ4v) is 2.45. The smallest absolute Gasteiger partial charge is 0.0443 e. The van der Waals surface area contributed by atoms with Crippen LogP contribution < -0.4 is 0 Å². The van der Waals surface area contributed by atoms with Crippen LogP contribution in [0.3, 0.4) is 0 Å². The van der Waals surface area contributed by atoms with Gasteiger partial charge >= 0.3 is 0 Å². The van der Waals surface area contributed by atoms with E-state index in [-0.39, 0.29) is 37.1 Å². The molecule has 0 unspecified atom stereocenters. The SMILES string of the molecule is C.C.C.C.C.CC.CC.CC.CC.CC.CC.CC.CC.CC.CC1CCC1.CC1CCC1.CC1CCC1.CC1CCC1. The molecule has 0 aromatic heterocycles. The van der Waals surface area contributed by atoms with E-state index in [0.717, 1.165) is 23.7 Å². The van der Waals surface area contributed by atoms with Gasteiger partial charge in [0.1, 0.15) is 0 Å². The van der Waals surface area contributed by atoms with Gasteiger partial charge in [-0.25, -0.2) is 0 Å². The second-order valence-electron chi connectivity index (χ2n) is 8.14. The summed E-state index contributed by atoms with van der Waals surface area (Å²) >= 11 is 0. The predicted molar refractivity (Wildman–Crippen MR) is 228 cm³/mol. The van der Waals surface area contributed by atoms with Crippen molar-refractivity contribution in [2.75, 3.05) is 0 Å². The molecule has 0 N–H and O–H groups in total. The molecule has 4 saturated carbocycles. The molecule has 0 radical (unpaired) electrons. The minimum absolute atomic E-state index is 0. The Balaban J connectivity index is -0.0000000180. The van der Waals surface area contributed by atoms with E-state index in [9.17, 15) is 0 Å². The van der Waals surface area contributed by atoms with Crippen LogP contribution in [0.25, 0.3) is 0 Å². The molecule has 0 nitrogen and oxygen atoms in total. The third kappa shape index (κ3) is 117. The van der Waals surface area contributed by atoms with Crippen LogP contribution in [0.1, 0.15) is 267 Å². The Bertz CT molecular complexity index is 156. The fraction of sp³-hybridized carbons (Fsp3) is 1.00. The summed E-state index contributed by atoms with van der Waals surface area (Å²) in [6.07, 6.45) is 17.8. The molecule has 0 aromatic rings. The fourth-order valence-electron chi connectivity index (χ4n) is 2.45. The maximum absolute atomic E-state index is 2.31. The maximum Gasteiger partial charge on any atom is -0.0443 e. The Kier molecular flexibility index (Phi) is 257. The molecule has 4 rings (SSSR count). The molecule has 0 amide bonds. The van der Waals surface area contributed by atoms with E-state index in [0.29, 0.717) is 0 Å². The summed E-state index contributed by atoms with van der Waals surface area (Å²) in [7, 11) is 0. The van der Waals surface area contributed by atoms with E-state index in [1.807, 2.05) is 125 Å². The first-order chi connectivity index (χ1) is 18.6. The molecule has 4 aliphatic carbocycles. The zero-order valence-corrected chi connectivity index (χ0v) is 32.8. The highest BCUT2D eigenvalue weighted by Crippen LogP contribution is 2.25. The van der Waals surface area contributed by atoms with Crippen molar-refractivity contribution in [3.8, 4) is 0 Å². The van der Waals surface area contributed by atoms with E-state index in [4.69, 9.17) is 0 Å². The highest BCUT2D eigenvalue weighted by Gasteiger charge is 2.10. The normalized spacial score (nSPS) is 13.3. The predicted octanol–water partition coefficient (Wildman–Crippen LogP) is 19.6. The van der Waals surface area contributed by atoms with Crippen molar-refractivity contribution in [3.63, 3.8) is 0 Å². The van der Waals surface area contributed by atoms with E-state index in [1.165, 1.54) is 77.0 Å². The van der Waals surface area contributed by atoms with Gasteiger partial charge in [0, 0.05) is 0 Å². The van der Waals surface area contributed by atoms with Crippen LogP contribution in [-0.4, -0.2) is 0 Å². The minimum Gasteiger partial charge on any atom is -0.0776 e. The largest absolute Gasteiger partial charge is 0.0776 e. The van der Waals surface area contributed by atoms with Gasteiger partial charge in [-0.1, -0.05) is 267 Å². The van der Waals surface area contributed by atoms with Crippen molar-refractivity contribution in [2.24, 2.45) is 23.7 Å². The Morgan fingerprint density at radius 2 is 0.256 bits per heavy atom. The molecule has 4 fully saturated rings. The first-order valence-electron chi connectivity index (χ1n) is 18.6. The molecule has 0 atom stereocenters. The van der Waals surface area contributed by atoms with E-state index >= 15 is 0 Å². The molecule has 0 aromatic carbocycles. The number of rotatable bonds is 0. The van der Waals surface area contributed by atoms with Crippen LogP contribution in [0.2, 0.25) is 0 Å². The molecule has 4 aliphatic rings. The minimum atomic E-state index is 0. The highest BCUT2D eigenvalue weighted by atomic mass is 14.2. The molecule has 0 aliphatic heterocycles. The van der Waals surface area contributed by atoms with Crippen LogP contribution in [0.4, 0.5) is 0 Å². The van der Waals surface area contributed by atoms with Gasteiger partial charge in [-0.05, 0) is 23.7 Å². The Hall–Kier alpha value is 0. The van der Waals surface area contributed by atoms with Gasteiger partial charge < -0.3 is 0 Å². The second kappa shape index (κ2) is 123. The van der Waals surface area contributed by atoms with Gasteiger partial charge in [0.25, 0.3) is 0 Å². The number of hydrogen-bond acceptors (Lipinski definition) is 0. The molecule has 43 heavy (non-hydrogen) atoms. The Morgan fingerprint density at radius 1 is 0.209 bits per heavy atom. The molecule has 0 saturated heterocycles. The van der Waals surface area contributed by atoms with E-state index in [2.05, 4.69) is 27.7 Å². The van der Waals surface area contributed by atoms with Gasteiger partial charge in [-0.15, -0.1) is 0 Å². The summed E-state index contributed by atoms with van der Waals surface area (Å²) in [4.78, 5) is 0. The van der Waals surface area contributed by atoms with Crippen LogP contribution in [0, 0.1) is 23.7 Å². The molecule has 0 spiro atoms. The third-order valence-electron chi connectivity index (χ3n) is 5.58. The second-order valence-corrected chi connectivity index (χ2v) is 8.14. The van der Waals surface area contributed by atoms with Gasteiger partial charge in [0.05, 0.1) is 0 Å². The lowest BCUT2D eigenvalue weighted by molar-refractivity contribution is 0.346. The van der Waals surface area contributed by atoms with Crippen LogP contribution in [-0.2, 0) is 0 Å². The summed E-state index contributed by atoms with van der Waals surface area (Å²) in [5, 5.41) is 0. The molecule has 0 heteroatoms. The van der Waals surface area contributed by atoms with Gasteiger partial charge in [-0.2, -0.15) is 0 Å². The maximum atomic E-state index is 2.31. The lowest BCUT2D eigenvalue weighted by Gasteiger charge is -2.18. The highest BCUT2D eigenvalue weighted by molar-refractivity contribution is 4.63. The topological polar surface area (TPSA) is 0 Å². The van der Waals surface area contributed by atoms with Gasteiger partial charge in [-0.3, -0.25) is 0 Å². The van der Waals surface area contributed by atoms with E-state index in [1.54, 1.807) is 0 Å². The summed E-state index contributed by atoms with van der Waals surface area (Å²) in [6.45, 7) is 45.2. The van der Waals surface area contributed by atoms with Crippen molar-refractivity contribution < 1.29 is 0 Å². The van der Waals surface area contributed by atoms with Gasteiger partial charge in [0.2, 0.25) is 0 Å². The zero-order chi connectivity index (χ0) is 32.8. The standard InChI is InChI=1S/4C5H10.9C2H6.5CH4/c4*1-5-3-2-4-5;9*1-2;;;;;/h4*5H,2-4H2,1H3;9*1-2H3;5*1H4. The Labute approximate surface area is 289 Å². The van der Waals surface area contributed by atoms with E-state index < -0.39 is 0 Å². The third-order valence-corrected chi connectivity index (χ3v) is 5.58. The monoisotopic (exact) mass is 631 g/mol. The molecule has 286 valence electrons.